The normalized spacial score (nSPS) is 26.5. The Morgan fingerprint density at radius 2 is 1.88 bits per heavy atom. The summed E-state index contributed by atoms with van der Waals surface area (Å²) in [5.74, 6) is -3.55. The van der Waals surface area contributed by atoms with Gasteiger partial charge in [-0.3, -0.25) is 14.4 Å². The number of Topliss-reactive ketones (excluding diaryl/α,β-unsaturated/α-hetero) is 1. The van der Waals surface area contributed by atoms with Gasteiger partial charge in [0.05, 0.1) is 11.8 Å². The average molecular weight is 452 g/mol. The van der Waals surface area contributed by atoms with Crippen LogP contribution in [0.1, 0.15) is 69.3 Å². The minimum Gasteiger partial charge on any atom is -0.459 e. The number of nitrogens with zero attached hydrogens (tertiary/aromatic N) is 1. The molecule has 3 aliphatic rings. The number of furan rings is 1. The summed E-state index contributed by atoms with van der Waals surface area (Å²) in [6.45, 7) is 3.72. The molecule has 2 amide bonds. The van der Waals surface area contributed by atoms with Crippen molar-refractivity contribution >= 4 is 17.6 Å². The van der Waals surface area contributed by atoms with Crippen molar-refractivity contribution in [1.82, 2.24) is 10.2 Å². The third-order valence-corrected chi connectivity index (χ3v) is 6.76. The van der Waals surface area contributed by atoms with Crippen LogP contribution in [-0.4, -0.2) is 40.8 Å². The largest absolute Gasteiger partial charge is 0.459 e. The molecule has 0 spiro atoms. The highest BCUT2D eigenvalue weighted by molar-refractivity contribution is 6.14. The van der Waals surface area contributed by atoms with E-state index in [0.717, 1.165) is 43.3 Å². The van der Waals surface area contributed by atoms with Gasteiger partial charge in [0.15, 0.2) is 11.5 Å². The zero-order chi connectivity index (χ0) is 23.3. The van der Waals surface area contributed by atoms with E-state index in [4.69, 9.17) is 4.42 Å². The Morgan fingerprint density at radius 1 is 1.19 bits per heavy atom. The first-order valence-corrected chi connectivity index (χ1v) is 11.0. The molecule has 32 heavy (non-hydrogen) atoms. The van der Waals surface area contributed by atoms with Crippen molar-refractivity contribution in [3.05, 3.63) is 35.4 Å². The highest BCUT2D eigenvalue weighted by atomic mass is 19.4. The van der Waals surface area contributed by atoms with Crippen molar-refractivity contribution < 1.29 is 32.0 Å². The van der Waals surface area contributed by atoms with Crippen LogP contribution >= 0.6 is 0 Å². The van der Waals surface area contributed by atoms with Crippen LogP contribution in [0.15, 0.2) is 34.1 Å². The van der Waals surface area contributed by atoms with Gasteiger partial charge in [0.2, 0.25) is 5.54 Å². The molecule has 2 aliphatic carbocycles. The number of allylic oxidation sites excluding steroid dienone is 1. The number of alkyl halides is 3. The average Bonchev–Trinajstić information content (AvgIpc) is 3.30. The minimum atomic E-state index is -5.20. The number of rotatable bonds is 4. The molecule has 2 heterocycles. The summed E-state index contributed by atoms with van der Waals surface area (Å²) in [4.78, 5) is 40.4. The van der Waals surface area contributed by atoms with Crippen LogP contribution in [0, 0.1) is 11.3 Å². The summed E-state index contributed by atoms with van der Waals surface area (Å²) in [6, 6.07) is 2.57. The molecule has 1 aromatic heterocycles. The van der Waals surface area contributed by atoms with Crippen molar-refractivity contribution in [2.75, 3.05) is 6.54 Å². The predicted octanol–water partition coefficient (Wildman–Crippen LogP) is 4.38. The third kappa shape index (κ3) is 3.65. The molecule has 6 nitrogen and oxygen atoms in total. The van der Waals surface area contributed by atoms with Crippen molar-refractivity contribution in [2.45, 2.75) is 70.5 Å². The van der Waals surface area contributed by atoms with Gasteiger partial charge in [-0.2, -0.15) is 13.2 Å². The van der Waals surface area contributed by atoms with Crippen LogP contribution in [-0.2, 0) is 9.59 Å². The second kappa shape index (κ2) is 7.78. The first kappa shape index (κ1) is 22.6. The molecular formula is C23H27F3N2O4. The molecule has 1 N–H and O–H groups in total. The van der Waals surface area contributed by atoms with E-state index in [1.807, 2.05) is 5.32 Å². The van der Waals surface area contributed by atoms with Gasteiger partial charge in [0.25, 0.3) is 11.8 Å². The fourth-order valence-corrected chi connectivity index (χ4v) is 5.29. The quantitative estimate of drug-likeness (QED) is 0.736. The highest BCUT2D eigenvalue weighted by Gasteiger charge is 2.71. The maximum Gasteiger partial charge on any atom is 0.425 e. The highest BCUT2D eigenvalue weighted by Crippen LogP contribution is 2.52. The predicted molar refractivity (Wildman–Crippen MR) is 108 cm³/mol. The van der Waals surface area contributed by atoms with Crippen LogP contribution in [0.25, 0.3) is 0 Å². The van der Waals surface area contributed by atoms with Gasteiger partial charge in [-0.25, -0.2) is 0 Å². The standard InChI is InChI=1S/C23H27F3N2O4/c1-21(2)11-15-18(16(29)12-21)22(23(24,25)26,27-19(30)17-9-6-10-32-17)20(31)28(15)13-14-7-4-3-5-8-14/h6,9-10,14H,3-5,7-8,11-13H2,1-2H3,(H,27,30)/t22-/m0/s1. The Hall–Kier alpha value is -2.58. The van der Waals surface area contributed by atoms with Crippen LogP contribution in [0.2, 0.25) is 0 Å². The Kier molecular flexibility index (Phi) is 5.49. The van der Waals surface area contributed by atoms with Gasteiger partial charge in [-0.05, 0) is 42.7 Å². The molecule has 1 aromatic rings. The number of ketones is 1. The first-order chi connectivity index (χ1) is 15.0. The van der Waals surface area contributed by atoms with Crippen LogP contribution in [0.4, 0.5) is 13.2 Å². The fourth-order valence-electron chi connectivity index (χ4n) is 5.29. The fraction of sp³-hybridized carbons (Fsp3) is 0.609. The summed E-state index contributed by atoms with van der Waals surface area (Å²) < 4.78 is 49.0. The van der Waals surface area contributed by atoms with E-state index in [2.05, 4.69) is 0 Å². The summed E-state index contributed by atoms with van der Waals surface area (Å²) in [5.41, 5.74) is -4.54. The van der Waals surface area contributed by atoms with E-state index < -0.39 is 40.3 Å². The zero-order valence-electron chi connectivity index (χ0n) is 18.2. The van der Waals surface area contributed by atoms with Crippen molar-refractivity contribution in [3.8, 4) is 0 Å². The van der Waals surface area contributed by atoms with Crippen molar-refractivity contribution in [2.24, 2.45) is 11.3 Å². The number of nitrogens with one attached hydrogen (secondary N) is 1. The number of carbonyl (C=O) groups is 3. The molecule has 1 saturated carbocycles. The smallest absolute Gasteiger partial charge is 0.425 e. The Balaban J connectivity index is 1.82. The van der Waals surface area contributed by atoms with E-state index in [1.54, 1.807) is 13.8 Å². The lowest BCUT2D eigenvalue weighted by Gasteiger charge is -2.35. The summed E-state index contributed by atoms with van der Waals surface area (Å²) in [5, 5.41) is 1.88. The lowest BCUT2D eigenvalue weighted by atomic mass is 9.72. The molecule has 0 bridgehead atoms. The molecule has 0 radical (unpaired) electrons. The van der Waals surface area contributed by atoms with Gasteiger partial charge < -0.3 is 14.6 Å². The molecule has 4 rings (SSSR count). The monoisotopic (exact) mass is 452 g/mol. The van der Waals surface area contributed by atoms with E-state index in [-0.39, 0.29) is 36.8 Å². The van der Waals surface area contributed by atoms with Gasteiger partial charge in [-0.15, -0.1) is 0 Å². The van der Waals surface area contributed by atoms with E-state index in [9.17, 15) is 27.6 Å². The van der Waals surface area contributed by atoms with Gasteiger partial charge >= 0.3 is 6.18 Å². The summed E-state index contributed by atoms with van der Waals surface area (Å²) in [6.07, 6.45) is 0.598. The van der Waals surface area contributed by atoms with Gasteiger partial charge in [-0.1, -0.05) is 33.1 Å². The van der Waals surface area contributed by atoms with E-state index in [0.29, 0.717) is 0 Å². The third-order valence-electron chi connectivity index (χ3n) is 6.76. The Morgan fingerprint density at radius 3 is 2.47 bits per heavy atom. The number of halogens is 3. The molecule has 1 atom stereocenters. The van der Waals surface area contributed by atoms with E-state index in [1.165, 1.54) is 12.1 Å². The molecular weight excluding hydrogens is 425 g/mol. The van der Waals surface area contributed by atoms with Crippen molar-refractivity contribution in [1.29, 1.82) is 0 Å². The maximum absolute atomic E-state index is 14.7. The van der Waals surface area contributed by atoms with Crippen molar-refractivity contribution in [3.63, 3.8) is 0 Å². The number of hydrogen-bond acceptors (Lipinski definition) is 4. The van der Waals surface area contributed by atoms with Gasteiger partial charge in [0.1, 0.15) is 0 Å². The second-order valence-electron chi connectivity index (χ2n) is 9.86. The molecule has 0 aromatic carbocycles. The zero-order valence-corrected chi connectivity index (χ0v) is 18.2. The minimum absolute atomic E-state index is 0.0615. The number of hydrogen-bond donors (Lipinski definition) is 1. The summed E-state index contributed by atoms with van der Waals surface area (Å²) >= 11 is 0. The SMILES string of the molecule is CC1(C)CC(=O)C2=C(C1)N(CC1CCCCC1)C(=O)[C@]2(NC(=O)c1ccco1)C(F)(F)F. The van der Waals surface area contributed by atoms with E-state index >= 15 is 0 Å². The topological polar surface area (TPSA) is 79.6 Å². The summed E-state index contributed by atoms with van der Waals surface area (Å²) in [7, 11) is 0. The molecule has 174 valence electrons. The van der Waals surface area contributed by atoms with Crippen LogP contribution < -0.4 is 5.32 Å². The number of amides is 2. The molecule has 0 unspecified atom stereocenters. The molecule has 1 fully saturated rings. The maximum atomic E-state index is 14.7. The molecule has 0 saturated heterocycles. The lowest BCUT2D eigenvalue weighted by molar-refractivity contribution is -0.191. The Labute approximate surface area is 184 Å². The molecule has 9 heteroatoms. The number of carbonyl (C=O) groups excluding carboxylic acids is 3. The first-order valence-electron chi connectivity index (χ1n) is 11.0. The van der Waals surface area contributed by atoms with Gasteiger partial charge in [0, 0.05) is 18.7 Å². The molecule has 1 aliphatic heterocycles. The Bertz CT molecular complexity index is 958. The van der Waals surface area contributed by atoms with Crippen LogP contribution in [0.3, 0.4) is 0 Å². The van der Waals surface area contributed by atoms with Crippen LogP contribution in [0.5, 0.6) is 0 Å². The lowest BCUT2D eigenvalue weighted by Crippen LogP contribution is -2.66. The second-order valence-corrected chi connectivity index (χ2v) is 9.86.